The van der Waals surface area contributed by atoms with Gasteiger partial charge in [0.25, 0.3) is 0 Å². The van der Waals surface area contributed by atoms with Crippen molar-refractivity contribution in [1.29, 1.82) is 0 Å². The van der Waals surface area contributed by atoms with Crippen LogP contribution in [0.25, 0.3) is 11.3 Å². The highest BCUT2D eigenvalue weighted by Gasteiger charge is 2.17. The summed E-state index contributed by atoms with van der Waals surface area (Å²) in [7, 11) is 1.68. The molecule has 27 heavy (non-hydrogen) atoms. The van der Waals surface area contributed by atoms with Crippen LogP contribution in [0.2, 0.25) is 0 Å². The summed E-state index contributed by atoms with van der Waals surface area (Å²) in [5, 5.41) is 0. The first-order valence-electron chi connectivity index (χ1n) is 9.22. The standard InChI is InChI=1S/C22H23N3OS/c1-26-19-10-4-8-17(12-19)20-13-22(24-21(15-27)23-20)25-11-5-9-16-6-2-3-7-18(16)14-25/h2-4,6-8,10,12-13,27H,5,9,11,14-15H2,1H3. The van der Waals surface area contributed by atoms with Crippen molar-refractivity contribution in [2.75, 3.05) is 18.6 Å². The zero-order chi connectivity index (χ0) is 18.6. The normalized spacial score (nSPS) is 13.8. The van der Waals surface area contributed by atoms with E-state index in [1.54, 1.807) is 7.11 Å². The minimum Gasteiger partial charge on any atom is -0.497 e. The van der Waals surface area contributed by atoms with Crippen molar-refractivity contribution in [3.8, 4) is 17.0 Å². The smallest absolute Gasteiger partial charge is 0.141 e. The van der Waals surface area contributed by atoms with E-state index in [1.807, 2.05) is 18.2 Å². The lowest BCUT2D eigenvalue weighted by Gasteiger charge is -2.23. The second-order valence-corrected chi connectivity index (χ2v) is 7.03. The van der Waals surface area contributed by atoms with Crippen LogP contribution in [0.15, 0.2) is 54.6 Å². The molecule has 0 bridgehead atoms. The lowest BCUT2D eigenvalue weighted by Crippen LogP contribution is -2.24. The molecule has 1 aliphatic heterocycles. The van der Waals surface area contributed by atoms with Gasteiger partial charge in [-0.2, -0.15) is 12.6 Å². The number of methoxy groups -OCH3 is 1. The van der Waals surface area contributed by atoms with Crippen molar-refractivity contribution in [2.45, 2.75) is 25.1 Å². The molecule has 0 fully saturated rings. The number of ether oxygens (including phenoxy) is 1. The summed E-state index contributed by atoms with van der Waals surface area (Å²) in [6.45, 7) is 1.85. The second-order valence-electron chi connectivity index (χ2n) is 6.71. The van der Waals surface area contributed by atoms with E-state index in [-0.39, 0.29) is 0 Å². The number of rotatable bonds is 4. The van der Waals surface area contributed by atoms with E-state index in [4.69, 9.17) is 14.7 Å². The first-order valence-corrected chi connectivity index (χ1v) is 9.85. The van der Waals surface area contributed by atoms with Crippen molar-refractivity contribution >= 4 is 18.4 Å². The summed E-state index contributed by atoms with van der Waals surface area (Å²) in [6, 6.07) is 18.8. The van der Waals surface area contributed by atoms with Crippen molar-refractivity contribution in [3.63, 3.8) is 0 Å². The van der Waals surface area contributed by atoms with Gasteiger partial charge in [0.2, 0.25) is 0 Å². The maximum atomic E-state index is 5.37. The third-order valence-electron chi connectivity index (χ3n) is 4.94. The Hall–Kier alpha value is -2.53. The van der Waals surface area contributed by atoms with Crippen LogP contribution in [-0.2, 0) is 18.7 Å². The Morgan fingerprint density at radius 2 is 1.89 bits per heavy atom. The number of nitrogens with zero attached hydrogens (tertiary/aromatic N) is 3. The van der Waals surface area contributed by atoms with E-state index in [2.05, 4.69) is 53.9 Å². The fourth-order valence-electron chi connectivity index (χ4n) is 3.54. The molecule has 0 amide bonds. The SMILES string of the molecule is COc1cccc(-c2cc(N3CCCc4ccccc4C3)nc(CS)n2)c1. The van der Waals surface area contributed by atoms with Gasteiger partial charge in [0.05, 0.1) is 18.6 Å². The zero-order valence-electron chi connectivity index (χ0n) is 15.4. The molecule has 1 aromatic heterocycles. The van der Waals surface area contributed by atoms with Gasteiger partial charge >= 0.3 is 0 Å². The first kappa shape index (κ1) is 17.9. The van der Waals surface area contributed by atoms with E-state index in [1.165, 1.54) is 11.1 Å². The summed E-state index contributed by atoms with van der Waals surface area (Å²) >= 11 is 4.42. The molecule has 4 rings (SSSR count). The predicted molar refractivity (Wildman–Crippen MR) is 113 cm³/mol. The van der Waals surface area contributed by atoms with Crippen LogP contribution in [-0.4, -0.2) is 23.6 Å². The third-order valence-corrected chi connectivity index (χ3v) is 5.23. The monoisotopic (exact) mass is 377 g/mol. The summed E-state index contributed by atoms with van der Waals surface area (Å²) in [4.78, 5) is 11.8. The molecule has 3 aromatic rings. The minimum absolute atomic E-state index is 0.509. The van der Waals surface area contributed by atoms with E-state index in [0.29, 0.717) is 5.75 Å². The molecule has 4 nitrogen and oxygen atoms in total. The summed E-state index contributed by atoms with van der Waals surface area (Å²) in [5.74, 6) is 3.04. The minimum atomic E-state index is 0.509. The number of aryl methyl sites for hydroxylation is 1. The summed E-state index contributed by atoms with van der Waals surface area (Å²) in [6.07, 6.45) is 2.23. The fraction of sp³-hybridized carbons (Fsp3) is 0.273. The summed E-state index contributed by atoms with van der Waals surface area (Å²) < 4.78 is 5.37. The molecule has 5 heteroatoms. The maximum Gasteiger partial charge on any atom is 0.141 e. The Morgan fingerprint density at radius 3 is 2.70 bits per heavy atom. The molecule has 138 valence electrons. The predicted octanol–water partition coefficient (Wildman–Crippen LogP) is 4.53. The molecule has 0 saturated heterocycles. The van der Waals surface area contributed by atoms with Crippen LogP contribution < -0.4 is 9.64 Å². The lowest BCUT2D eigenvalue weighted by atomic mass is 10.0. The fourth-order valence-corrected chi connectivity index (χ4v) is 3.68. The topological polar surface area (TPSA) is 38.2 Å². The van der Waals surface area contributed by atoms with Crippen molar-refractivity contribution < 1.29 is 4.74 Å². The number of hydrogen-bond acceptors (Lipinski definition) is 5. The first-order chi connectivity index (χ1) is 13.3. The number of hydrogen-bond donors (Lipinski definition) is 1. The molecule has 0 saturated carbocycles. The van der Waals surface area contributed by atoms with Crippen LogP contribution in [0, 0.1) is 0 Å². The number of aromatic nitrogens is 2. The zero-order valence-corrected chi connectivity index (χ0v) is 16.3. The average molecular weight is 378 g/mol. The number of thiol groups is 1. The van der Waals surface area contributed by atoms with Gasteiger partial charge in [-0.15, -0.1) is 0 Å². The number of fused-ring (bicyclic) bond motifs is 1. The Kier molecular flexibility index (Phi) is 5.30. The molecule has 0 aliphatic carbocycles. The number of benzene rings is 2. The van der Waals surface area contributed by atoms with Gasteiger partial charge in [-0.3, -0.25) is 0 Å². The van der Waals surface area contributed by atoms with Crippen LogP contribution in [0.4, 0.5) is 5.82 Å². The molecule has 0 radical (unpaired) electrons. The van der Waals surface area contributed by atoms with Crippen LogP contribution in [0.5, 0.6) is 5.75 Å². The highest BCUT2D eigenvalue weighted by Crippen LogP contribution is 2.28. The van der Waals surface area contributed by atoms with Gasteiger partial charge in [0, 0.05) is 24.7 Å². The van der Waals surface area contributed by atoms with Crippen LogP contribution in [0.1, 0.15) is 23.4 Å². The van der Waals surface area contributed by atoms with Crippen molar-refractivity contribution in [3.05, 3.63) is 71.5 Å². The lowest BCUT2D eigenvalue weighted by molar-refractivity contribution is 0.415. The highest BCUT2D eigenvalue weighted by molar-refractivity contribution is 7.79. The van der Waals surface area contributed by atoms with Gasteiger partial charge in [-0.1, -0.05) is 36.4 Å². The molecule has 0 N–H and O–H groups in total. The van der Waals surface area contributed by atoms with Crippen molar-refractivity contribution in [2.24, 2.45) is 0 Å². The highest BCUT2D eigenvalue weighted by atomic mass is 32.1. The maximum absolute atomic E-state index is 5.37. The Morgan fingerprint density at radius 1 is 1.04 bits per heavy atom. The molecule has 2 aromatic carbocycles. The summed E-state index contributed by atoms with van der Waals surface area (Å²) in [5.41, 5.74) is 4.75. The van der Waals surface area contributed by atoms with Crippen molar-refractivity contribution in [1.82, 2.24) is 9.97 Å². The third kappa shape index (κ3) is 3.93. The molecule has 1 aliphatic rings. The van der Waals surface area contributed by atoms with Gasteiger partial charge in [0.15, 0.2) is 0 Å². The van der Waals surface area contributed by atoms with Gasteiger partial charge in [-0.25, -0.2) is 9.97 Å². The second kappa shape index (κ2) is 8.01. The molecule has 0 atom stereocenters. The van der Waals surface area contributed by atoms with Gasteiger partial charge < -0.3 is 9.64 Å². The molecular formula is C22H23N3OS. The Labute approximate surface area is 165 Å². The van der Waals surface area contributed by atoms with Gasteiger partial charge in [-0.05, 0) is 36.1 Å². The van der Waals surface area contributed by atoms with E-state index in [9.17, 15) is 0 Å². The Bertz CT molecular complexity index is 944. The van der Waals surface area contributed by atoms with E-state index < -0.39 is 0 Å². The largest absolute Gasteiger partial charge is 0.497 e. The van der Waals surface area contributed by atoms with E-state index >= 15 is 0 Å². The Balaban J connectivity index is 1.72. The molecule has 0 spiro atoms. The molecule has 0 unspecified atom stereocenters. The average Bonchev–Trinajstić information content (AvgIpc) is 2.96. The molecule has 2 heterocycles. The van der Waals surface area contributed by atoms with Gasteiger partial charge in [0.1, 0.15) is 17.4 Å². The van der Waals surface area contributed by atoms with Crippen LogP contribution >= 0.6 is 12.6 Å². The van der Waals surface area contributed by atoms with Crippen LogP contribution in [0.3, 0.4) is 0 Å². The number of anilines is 1. The quantitative estimate of drug-likeness (QED) is 0.678. The van der Waals surface area contributed by atoms with E-state index in [0.717, 1.165) is 54.6 Å². The molecular weight excluding hydrogens is 354 g/mol.